The third-order valence-electron chi connectivity index (χ3n) is 4.22. The second-order valence-corrected chi connectivity index (χ2v) is 5.86. The molecule has 0 aliphatic carbocycles. The third kappa shape index (κ3) is 2.90. The predicted octanol–water partition coefficient (Wildman–Crippen LogP) is 3.15. The molecule has 0 unspecified atom stereocenters. The zero-order valence-corrected chi connectivity index (χ0v) is 13.2. The first-order chi connectivity index (χ1) is 11.8. The fraction of sp³-hybridized carbons (Fsp3) is 0.263. The van der Waals surface area contributed by atoms with E-state index in [0.29, 0.717) is 16.7 Å². The quantitative estimate of drug-likeness (QED) is 0.804. The molecule has 2 aromatic carbocycles. The molecular weight excluding hydrogens is 304 g/mol. The Kier molecular flexibility index (Phi) is 4.01. The maximum atomic E-state index is 12.3. The highest BCUT2D eigenvalue weighted by atomic mass is 16.5. The van der Waals surface area contributed by atoms with Crippen molar-refractivity contribution >= 4 is 10.9 Å². The zero-order valence-electron chi connectivity index (χ0n) is 13.2. The number of aromatic amines is 1. The van der Waals surface area contributed by atoms with Crippen LogP contribution in [-0.2, 0) is 4.74 Å². The molecule has 0 saturated carbocycles. The summed E-state index contributed by atoms with van der Waals surface area (Å²) < 4.78 is 11.5. The number of hydrogen-bond acceptors (Lipinski definition) is 4. The van der Waals surface area contributed by atoms with Crippen molar-refractivity contribution in [3.05, 3.63) is 58.9 Å². The summed E-state index contributed by atoms with van der Waals surface area (Å²) in [6.45, 7) is 1.44. The van der Waals surface area contributed by atoms with Gasteiger partial charge in [-0.3, -0.25) is 4.79 Å². The van der Waals surface area contributed by atoms with Gasteiger partial charge in [0.2, 0.25) is 0 Å². The number of H-pyrrole nitrogens is 1. The van der Waals surface area contributed by atoms with Gasteiger partial charge in [0, 0.05) is 12.8 Å². The second kappa shape index (κ2) is 6.45. The van der Waals surface area contributed by atoms with Gasteiger partial charge < -0.3 is 14.5 Å². The number of nitrogens with zero attached hydrogens (tertiary/aromatic N) is 1. The van der Waals surface area contributed by atoms with E-state index < -0.39 is 0 Å². The van der Waals surface area contributed by atoms with Crippen molar-refractivity contribution in [1.29, 1.82) is 0 Å². The summed E-state index contributed by atoms with van der Waals surface area (Å²) in [4.78, 5) is 19.8. The number of nitrogens with one attached hydrogen (secondary N) is 1. The standard InChI is InChI=1S/C19H18N2O3/c22-19-14-5-1-3-7-16(14)20-18(21-19)15-6-2-4-8-17(15)24-13-9-11-23-12-10-13/h1-8,13H,9-12H2,(H,20,21,22). The van der Waals surface area contributed by atoms with Gasteiger partial charge in [-0.2, -0.15) is 0 Å². The van der Waals surface area contributed by atoms with Crippen molar-refractivity contribution in [3.63, 3.8) is 0 Å². The van der Waals surface area contributed by atoms with Gasteiger partial charge in [-0.05, 0) is 24.3 Å². The van der Waals surface area contributed by atoms with Gasteiger partial charge in [-0.15, -0.1) is 0 Å². The van der Waals surface area contributed by atoms with E-state index in [1.807, 2.05) is 42.5 Å². The van der Waals surface area contributed by atoms with Crippen LogP contribution >= 0.6 is 0 Å². The van der Waals surface area contributed by atoms with Crippen LogP contribution in [0.3, 0.4) is 0 Å². The Labute approximate surface area is 139 Å². The van der Waals surface area contributed by atoms with Gasteiger partial charge in [0.25, 0.3) is 5.56 Å². The van der Waals surface area contributed by atoms with Gasteiger partial charge in [0.1, 0.15) is 17.7 Å². The summed E-state index contributed by atoms with van der Waals surface area (Å²) in [5.74, 6) is 1.27. The average molecular weight is 322 g/mol. The molecule has 0 radical (unpaired) electrons. The minimum Gasteiger partial charge on any atom is -0.489 e. The number of benzene rings is 2. The molecule has 0 amide bonds. The lowest BCUT2D eigenvalue weighted by atomic mass is 10.1. The van der Waals surface area contributed by atoms with Crippen LogP contribution in [0.1, 0.15) is 12.8 Å². The molecule has 1 saturated heterocycles. The highest BCUT2D eigenvalue weighted by Gasteiger charge is 2.18. The largest absolute Gasteiger partial charge is 0.489 e. The first-order valence-electron chi connectivity index (χ1n) is 8.14. The predicted molar refractivity (Wildman–Crippen MR) is 92.3 cm³/mol. The molecule has 1 aliphatic rings. The molecule has 5 heteroatoms. The van der Waals surface area contributed by atoms with Gasteiger partial charge in [-0.1, -0.05) is 24.3 Å². The molecule has 0 bridgehead atoms. The average Bonchev–Trinajstić information content (AvgIpc) is 2.63. The smallest absolute Gasteiger partial charge is 0.259 e. The van der Waals surface area contributed by atoms with Gasteiger partial charge >= 0.3 is 0 Å². The molecule has 1 fully saturated rings. The monoisotopic (exact) mass is 322 g/mol. The topological polar surface area (TPSA) is 64.2 Å². The van der Waals surface area contributed by atoms with Crippen molar-refractivity contribution in [1.82, 2.24) is 9.97 Å². The number of hydrogen-bond donors (Lipinski definition) is 1. The molecule has 24 heavy (non-hydrogen) atoms. The Morgan fingerprint density at radius 1 is 1.04 bits per heavy atom. The van der Waals surface area contributed by atoms with Crippen molar-refractivity contribution in [2.45, 2.75) is 18.9 Å². The van der Waals surface area contributed by atoms with Crippen LogP contribution < -0.4 is 10.3 Å². The molecule has 2 heterocycles. The van der Waals surface area contributed by atoms with E-state index in [2.05, 4.69) is 9.97 Å². The Hall–Kier alpha value is -2.66. The highest BCUT2D eigenvalue weighted by molar-refractivity contribution is 5.80. The van der Waals surface area contributed by atoms with Crippen LogP contribution in [0.4, 0.5) is 0 Å². The van der Waals surface area contributed by atoms with Gasteiger partial charge in [0.15, 0.2) is 0 Å². The van der Waals surface area contributed by atoms with E-state index >= 15 is 0 Å². The molecule has 1 aromatic heterocycles. The van der Waals surface area contributed by atoms with Crippen molar-refractivity contribution in [3.8, 4) is 17.1 Å². The van der Waals surface area contributed by atoms with Crippen LogP contribution in [-0.4, -0.2) is 29.3 Å². The lowest BCUT2D eigenvalue weighted by molar-refractivity contribution is 0.0258. The molecule has 122 valence electrons. The number of fused-ring (bicyclic) bond motifs is 1. The number of ether oxygens (including phenoxy) is 2. The number of aromatic nitrogens is 2. The minimum absolute atomic E-state index is 0.132. The maximum Gasteiger partial charge on any atom is 0.259 e. The Morgan fingerprint density at radius 2 is 1.79 bits per heavy atom. The molecular formula is C19H18N2O3. The van der Waals surface area contributed by atoms with Crippen LogP contribution in [0.2, 0.25) is 0 Å². The Balaban J connectivity index is 1.75. The first-order valence-corrected chi connectivity index (χ1v) is 8.14. The molecule has 3 aromatic rings. The number of rotatable bonds is 3. The fourth-order valence-electron chi connectivity index (χ4n) is 2.95. The normalized spacial score (nSPS) is 15.5. The zero-order chi connectivity index (χ0) is 16.4. The maximum absolute atomic E-state index is 12.3. The van der Waals surface area contributed by atoms with E-state index in [0.717, 1.165) is 37.4 Å². The molecule has 4 rings (SSSR count). The highest BCUT2D eigenvalue weighted by Crippen LogP contribution is 2.29. The molecule has 5 nitrogen and oxygen atoms in total. The molecule has 1 aliphatic heterocycles. The fourth-order valence-corrected chi connectivity index (χ4v) is 2.95. The first kappa shape index (κ1) is 14.9. The van der Waals surface area contributed by atoms with Gasteiger partial charge in [-0.25, -0.2) is 4.98 Å². The summed E-state index contributed by atoms with van der Waals surface area (Å²) in [6.07, 6.45) is 1.87. The van der Waals surface area contributed by atoms with Crippen molar-refractivity contribution < 1.29 is 9.47 Å². The minimum atomic E-state index is -0.142. The summed E-state index contributed by atoms with van der Waals surface area (Å²) in [6, 6.07) is 15.0. The van der Waals surface area contributed by atoms with Crippen LogP contribution in [0, 0.1) is 0 Å². The third-order valence-corrected chi connectivity index (χ3v) is 4.22. The SMILES string of the molecule is O=c1[nH]c(-c2ccccc2OC2CCOCC2)nc2ccccc12. The molecule has 0 spiro atoms. The van der Waals surface area contributed by atoms with E-state index in [9.17, 15) is 4.79 Å². The van der Waals surface area contributed by atoms with E-state index in [4.69, 9.17) is 9.47 Å². The van der Waals surface area contributed by atoms with Crippen LogP contribution in [0.15, 0.2) is 53.3 Å². The van der Waals surface area contributed by atoms with Crippen molar-refractivity contribution in [2.24, 2.45) is 0 Å². The number of para-hydroxylation sites is 2. The molecule has 0 atom stereocenters. The summed E-state index contributed by atoms with van der Waals surface area (Å²) in [5.41, 5.74) is 1.33. The Bertz CT molecular complexity index is 914. The van der Waals surface area contributed by atoms with Gasteiger partial charge in [0.05, 0.1) is 29.7 Å². The lowest BCUT2D eigenvalue weighted by Gasteiger charge is -2.24. The van der Waals surface area contributed by atoms with Crippen molar-refractivity contribution in [2.75, 3.05) is 13.2 Å². The second-order valence-electron chi connectivity index (χ2n) is 5.86. The van der Waals surface area contributed by atoms with E-state index in [1.54, 1.807) is 6.07 Å². The summed E-state index contributed by atoms with van der Waals surface area (Å²) in [7, 11) is 0. The van der Waals surface area contributed by atoms with E-state index in [-0.39, 0.29) is 11.7 Å². The molecule has 1 N–H and O–H groups in total. The Morgan fingerprint density at radius 3 is 2.67 bits per heavy atom. The summed E-state index contributed by atoms with van der Waals surface area (Å²) >= 11 is 0. The van der Waals surface area contributed by atoms with E-state index in [1.165, 1.54) is 0 Å². The van der Waals surface area contributed by atoms with Crippen LogP contribution in [0.25, 0.3) is 22.3 Å². The van der Waals surface area contributed by atoms with Crippen LogP contribution in [0.5, 0.6) is 5.75 Å². The lowest BCUT2D eigenvalue weighted by Crippen LogP contribution is -2.26. The summed E-state index contributed by atoms with van der Waals surface area (Å²) in [5, 5.41) is 0.587.